The van der Waals surface area contributed by atoms with E-state index in [9.17, 15) is 35.2 Å². The Morgan fingerprint density at radius 3 is 1.45 bits per heavy atom. The quantitative estimate of drug-likeness (QED) is 0.107. The van der Waals surface area contributed by atoms with Crippen LogP contribution in [-0.4, -0.2) is 108 Å². The minimum atomic E-state index is -3.73. The summed E-state index contributed by atoms with van der Waals surface area (Å²) in [6.45, 7) is 7.58. The first-order valence-corrected chi connectivity index (χ1v) is 34.6. The molecule has 0 spiro atoms. The van der Waals surface area contributed by atoms with Gasteiger partial charge in [0, 0.05) is 101 Å². The molecule has 9 heterocycles. The molecule has 6 aromatic carbocycles. The SMILES string of the molecule is Brc1cc(-c2nc3ncccc3o2)c2occc2c1.CNC(=O)c1c(-c2ccc(F)cc2)oc2cc(N(C)S(C)(=O)=O)c(-c3cc(-c4nc5ncccc5o4)c4occc4c3)cc12.CNC(=O)c1c(-c2ccc(F)cc2)oc2cc(N(C)S(C)(=O)=O)c(B3OC(C)(C)C(C)(C)O3)cc12. The number of carbonyl (C=O) groups excluding carboxylic acids is 2. The van der Waals surface area contributed by atoms with E-state index in [1.165, 1.54) is 76.7 Å². The molecule has 1 fully saturated rings. The summed E-state index contributed by atoms with van der Waals surface area (Å²) in [5, 5.41) is 7.86. The Morgan fingerprint density at radius 1 is 0.531 bits per heavy atom. The summed E-state index contributed by atoms with van der Waals surface area (Å²) < 4.78 is 129. The summed E-state index contributed by atoms with van der Waals surface area (Å²) in [4.78, 5) is 43.6. The number of rotatable bonds is 12. The lowest BCUT2D eigenvalue weighted by Gasteiger charge is -2.32. The van der Waals surface area contributed by atoms with Crippen LogP contribution >= 0.6 is 15.9 Å². The number of aromatic nitrogens is 4. The van der Waals surface area contributed by atoms with Gasteiger partial charge in [0.05, 0.1) is 69.9 Å². The van der Waals surface area contributed by atoms with Gasteiger partial charge in [-0.15, -0.1) is 0 Å². The molecule has 0 aliphatic carbocycles. The van der Waals surface area contributed by atoms with Crippen molar-refractivity contribution in [3.63, 3.8) is 0 Å². The Kier molecular flexibility index (Phi) is 17.0. The van der Waals surface area contributed by atoms with E-state index in [2.05, 4.69) is 46.5 Å². The molecular weight excluding hydrogens is 1370 g/mol. The number of nitrogens with zero attached hydrogens (tertiary/aromatic N) is 6. The van der Waals surface area contributed by atoms with Gasteiger partial charge in [0.1, 0.15) is 45.5 Å². The normalized spacial score (nSPS) is 13.7. The molecule has 28 heteroatoms. The number of carbonyl (C=O) groups is 2. The Balaban J connectivity index is 0.000000142. The lowest BCUT2D eigenvalue weighted by molar-refractivity contribution is 0.00578. The predicted octanol–water partition coefficient (Wildman–Crippen LogP) is 14.3. The highest BCUT2D eigenvalue weighted by molar-refractivity contribution is 9.10. The average Bonchev–Trinajstić information content (AvgIpc) is 1.55. The van der Waals surface area contributed by atoms with Crippen LogP contribution in [0.4, 0.5) is 20.2 Å². The molecule has 0 unspecified atom stereocenters. The summed E-state index contributed by atoms with van der Waals surface area (Å²) in [6, 6.07) is 36.1. The number of halogens is 3. The second-order valence-electron chi connectivity index (χ2n) is 23.9. The van der Waals surface area contributed by atoms with Gasteiger partial charge >= 0.3 is 7.12 Å². The molecule has 0 atom stereocenters. The summed E-state index contributed by atoms with van der Waals surface area (Å²) in [5.41, 5.74) is 7.55. The van der Waals surface area contributed by atoms with Crippen LogP contribution in [-0.2, 0) is 29.4 Å². The maximum absolute atomic E-state index is 13.7. The monoisotopic (exact) mass is 1430 g/mol. The van der Waals surface area contributed by atoms with Crippen molar-refractivity contribution < 1.29 is 71.0 Å². The van der Waals surface area contributed by atoms with E-state index in [1.807, 2.05) is 64.1 Å². The number of fused-ring (bicyclic) bond motifs is 6. The maximum atomic E-state index is 13.7. The van der Waals surface area contributed by atoms with E-state index >= 15 is 0 Å². The first-order valence-electron chi connectivity index (χ1n) is 30.1. The van der Waals surface area contributed by atoms with E-state index < -0.39 is 61.8 Å². The third-order valence-corrected chi connectivity index (χ3v) is 20.0. The number of pyridine rings is 2. The van der Waals surface area contributed by atoms with Gasteiger partial charge in [-0.2, -0.15) is 9.97 Å². The van der Waals surface area contributed by atoms with E-state index in [0.717, 1.165) is 42.1 Å². The van der Waals surface area contributed by atoms with Gasteiger partial charge in [0.25, 0.3) is 11.8 Å². The first kappa shape index (κ1) is 66.1. The highest BCUT2D eigenvalue weighted by Gasteiger charge is 2.53. The molecule has 2 amide bonds. The topological polar surface area (TPSA) is 282 Å². The van der Waals surface area contributed by atoms with Crippen LogP contribution in [0.5, 0.6) is 0 Å². The lowest BCUT2D eigenvalue weighted by Crippen LogP contribution is -2.41. The third kappa shape index (κ3) is 12.3. The number of furan rings is 4. The Hall–Kier alpha value is -10.5. The van der Waals surface area contributed by atoms with E-state index in [4.69, 9.17) is 35.8 Å². The van der Waals surface area contributed by atoms with Crippen LogP contribution in [0.3, 0.4) is 0 Å². The molecule has 14 aromatic rings. The molecule has 1 aliphatic rings. The number of nitrogens with one attached hydrogen (secondary N) is 2. The zero-order valence-corrected chi connectivity index (χ0v) is 57.2. The predicted molar refractivity (Wildman–Crippen MR) is 373 cm³/mol. The van der Waals surface area contributed by atoms with Crippen molar-refractivity contribution in [2.75, 3.05) is 49.3 Å². The molecular formula is C70H58BBrF2N8O14S2. The van der Waals surface area contributed by atoms with Crippen molar-refractivity contribution in [1.29, 1.82) is 0 Å². The van der Waals surface area contributed by atoms with Gasteiger partial charge < -0.3 is 46.4 Å². The number of oxazole rings is 2. The van der Waals surface area contributed by atoms with Gasteiger partial charge in [0.2, 0.25) is 31.8 Å². The van der Waals surface area contributed by atoms with Crippen LogP contribution in [0.2, 0.25) is 0 Å². The van der Waals surface area contributed by atoms with Crippen molar-refractivity contribution in [2.45, 2.75) is 38.9 Å². The van der Waals surface area contributed by atoms with E-state index in [0.29, 0.717) is 94.7 Å². The molecule has 15 rings (SSSR count). The lowest BCUT2D eigenvalue weighted by atomic mass is 9.77. The molecule has 1 aliphatic heterocycles. The van der Waals surface area contributed by atoms with Crippen LogP contribution in [0.15, 0.2) is 189 Å². The second-order valence-corrected chi connectivity index (χ2v) is 28.9. The Bertz CT molecular complexity index is 5650. The number of anilines is 2. The highest BCUT2D eigenvalue weighted by atomic mass is 79.9. The minimum Gasteiger partial charge on any atom is -0.464 e. The molecule has 2 N–H and O–H groups in total. The highest BCUT2D eigenvalue weighted by Crippen LogP contribution is 2.45. The van der Waals surface area contributed by atoms with Crippen molar-refractivity contribution in [2.24, 2.45) is 0 Å². The summed E-state index contributed by atoms with van der Waals surface area (Å²) in [7, 11) is -2.43. The molecule has 498 valence electrons. The molecule has 0 bridgehead atoms. The van der Waals surface area contributed by atoms with Crippen molar-refractivity contribution in [3.05, 3.63) is 186 Å². The number of benzene rings is 6. The molecule has 0 radical (unpaired) electrons. The van der Waals surface area contributed by atoms with Crippen LogP contribution in [0, 0.1) is 11.6 Å². The van der Waals surface area contributed by atoms with Crippen molar-refractivity contribution in [3.8, 4) is 56.7 Å². The fourth-order valence-corrected chi connectivity index (χ4v) is 12.7. The number of hydrogen-bond donors (Lipinski definition) is 2. The molecule has 98 heavy (non-hydrogen) atoms. The van der Waals surface area contributed by atoms with Gasteiger partial charge in [0.15, 0.2) is 22.5 Å². The maximum Gasteiger partial charge on any atom is 0.497 e. The van der Waals surface area contributed by atoms with E-state index in [1.54, 1.807) is 73.5 Å². The van der Waals surface area contributed by atoms with Crippen molar-refractivity contribution in [1.82, 2.24) is 30.6 Å². The summed E-state index contributed by atoms with van der Waals surface area (Å²) in [6.07, 6.45) is 8.69. The second kappa shape index (κ2) is 25.2. The average molecular weight is 1430 g/mol. The molecule has 22 nitrogen and oxygen atoms in total. The van der Waals surface area contributed by atoms with Gasteiger partial charge in [-0.05, 0) is 155 Å². The fraction of sp³-hybridized carbons (Fsp3) is 0.171. The summed E-state index contributed by atoms with van der Waals surface area (Å²) >= 11 is 3.48. The first-order chi connectivity index (χ1) is 46.6. The van der Waals surface area contributed by atoms with Crippen LogP contribution < -0.4 is 24.7 Å². The smallest absolute Gasteiger partial charge is 0.464 e. The fourth-order valence-electron chi connectivity index (χ4n) is 11.2. The molecule has 8 aromatic heterocycles. The Labute approximate surface area is 566 Å². The third-order valence-electron chi connectivity index (χ3n) is 17.1. The number of sulfonamides is 2. The van der Waals surface area contributed by atoms with Crippen molar-refractivity contribution >= 4 is 138 Å². The van der Waals surface area contributed by atoms with Crippen LogP contribution in [0.25, 0.3) is 123 Å². The van der Waals surface area contributed by atoms with Crippen LogP contribution in [0.1, 0.15) is 48.4 Å². The summed E-state index contributed by atoms with van der Waals surface area (Å²) in [5.74, 6) is -0.469. The van der Waals surface area contributed by atoms with Gasteiger partial charge in [-0.25, -0.2) is 35.6 Å². The standard InChI is InChI=1S/C32H23FN4O6S.C24H28BFN2O6S.C14H7BrN2O2/c1-34-31(38)27-22-15-21(24(37(2)44(3,39)40)16-26(22)42-29(27)17-6-8-20(33)9-7-17)19-13-18-10-12-41-28(18)23(14-19)32-36-30-25(43-32)5-4-11-35-30;1-23(2)24(3,4)34-25(33-23)17-12-16-19(13-18(17)28(6)35(7,30)31)32-21(20(16)22(29)27-5)14-8-10-15(26)11-9-14;15-9-6-8-3-5-18-12(8)10(7-9)14-17-13-11(19-14)2-1-4-16-13/h4-16H,1-3H3,(H,34,38);8-13H,1-7H3,(H,27,29);1-7H. The molecule has 0 saturated carbocycles. The molecule has 1 saturated heterocycles. The zero-order chi connectivity index (χ0) is 69.5. The number of amides is 2. The number of hydrogen-bond acceptors (Lipinski definition) is 18. The minimum absolute atomic E-state index is 0.217. The van der Waals surface area contributed by atoms with E-state index in [-0.39, 0.29) is 39.7 Å². The van der Waals surface area contributed by atoms with Gasteiger partial charge in [-0.1, -0.05) is 15.9 Å². The van der Waals surface area contributed by atoms with Gasteiger partial charge in [-0.3, -0.25) is 18.2 Å². The largest absolute Gasteiger partial charge is 0.497 e. The zero-order valence-electron chi connectivity index (χ0n) is 53.9. The Morgan fingerprint density at radius 2 is 0.980 bits per heavy atom.